The molecule has 1 heterocycles. The van der Waals surface area contributed by atoms with Crippen molar-refractivity contribution < 1.29 is 9.18 Å². The fourth-order valence-electron chi connectivity index (χ4n) is 2.78. The normalized spacial score (nSPS) is 18.5. The lowest BCUT2D eigenvalue weighted by Crippen LogP contribution is -2.56. The Morgan fingerprint density at radius 3 is 2.46 bits per heavy atom. The highest BCUT2D eigenvalue weighted by molar-refractivity contribution is 7.80. The van der Waals surface area contributed by atoms with Gasteiger partial charge in [0.25, 0.3) is 0 Å². The van der Waals surface area contributed by atoms with Crippen molar-refractivity contribution in [2.45, 2.75) is 40.2 Å². The molecule has 6 heteroatoms. The lowest BCUT2D eigenvalue weighted by atomic mass is 9.91. The van der Waals surface area contributed by atoms with E-state index in [-0.39, 0.29) is 23.2 Å². The topological polar surface area (TPSA) is 35.6 Å². The first-order valence-electron chi connectivity index (χ1n) is 8.27. The largest absolute Gasteiger partial charge is 0.343 e. The maximum absolute atomic E-state index is 13.0. The third-order valence-corrected chi connectivity index (χ3v) is 4.35. The number of nitrogens with one attached hydrogen (secondary N) is 1. The molecular formula is C18H26FN3OS. The Hall–Kier alpha value is -1.69. The van der Waals surface area contributed by atoms with Gasteiger partial charge in [0, 0.05) is 37.8 Å². The van der Waals surface area contributed by atoms with Gasteiger partial charge < -0.3 is 15.1 Å². The van der Waals surface area contributed by atoms with Crippen LogP contribution < -0.4 is 5.32 Å². The highest BCUT2D eigenvalue weighted by atomic mass is 32.1. The molecule has 0 aliphatic carbocycles. The molecule has 0 radical (unpaired) electrons. The molecule has 24 heavy (non-hydrogen) atoms. The molecule has 2 rings (SSSR count). The SMILES string of the molecule is CC1CN(C(=O)CC(C)(C)C)CCN1C(=S)Nc1ccc(F)cc1. The van der Waals surface area contributed by atoms with Gasteiger partial charge in [0.15, 0.2) is 5.11 Å². The van der Waals surface area contributed by atoms with Crippen LogP contribution in [-0.4, -0.2) is 46.5 Å². The van der Waals surface area contributed by atoms with Gasteiger partial charge in [0.05, 0.1) is 0 Å². The molecule has 0 aromatic heterocycles. The monoisotopic (exact) mass is 351 g/mol. The Balaban J connectivity index is 1.91. The summed E-state index contributed by atoms with van der Waals surface area (Å²) in [5.41, 5.74) is 0.761. The van der Waals surface area contributed by atoms with E-state index in [0.29, 0.717) is 31.2 Å². The third-order valence-electron chi connectivity index (χ3n) is 4.02. The average molecular weight is 351 g/mol. The number of hydrogen-bond acceptors (Lipinski definition) is 2. The molecule has 0 saturated carbocycles. The van der Waals surface area contributed by atoms with E-state index in [1.54, 1.807) is 12.1 Å². The van der Waals surface area contributed by atoms with Crippen LogP contribution in [-0.2, 0) is 4.79 Å². The number of thiocarbonyl (C=S) groups is 1. The summed E-state index contributed by atoms with van der Waals surface area (Å²) in [6, 6.07) is 6.27. The van der Waals surface area contributed by atoms with Gasteiger partial charge in [-0.1, -0.05) is 20.8 Å². The molecule has 1 atom stereocenters. The van der Waals surface area contributed by atoms with Crippen LogP contribution >= 0.6 is 12.2 Å². The Morgan fingerprint density at radius 2 is 1.92 bits per heavy atom. The van der Waals surface area contributed by atoms with Crippen LogP contribution in [0.1, 0.15) is 34.1 Å². The molecule has 0 bridgehead atoms. The molecule has 1 aromatic rings. The van der Waals surface area contributed by atoms with Crippen LogP contribution in [0.5, 0.6) is 0 Å². The van der Waals surface area contributed by atoms with Crippen molar-refractivity contribution in [1.29, 1.82) is 0 Å². The van der Waals surface area contributed by atoms with E-state index in [2.05, 4.69) is 37.9 Å². The number of anilines is 1. The van der Waals surface area contributed by atoms with Crippen molar-refractivity contribution in [2.24, 2.45) is 5.41 Å². The van der Waals surface area contributed by atoms with Crippen molar-refractivity contribution in [3.8, 4) is 0 Å². The standard InChI is InChI=1S/C18H26FN3OS/c1-13-12-21(16(23)11-18(2,3)4)9-10-22(13)17(24)20-15-7-5-14(19)6-8-15/h5-8,13H,9-12H2,1-4H3,(H,20,24). The van der Waals surface area contributed by atoms with Gasteiger partial charge >= 0.3 is 0 Å². The number of halogens is 1. The van der Waals surface area contributed by atoms with Gasteiger partial charge in [-0.2, -0.15) is 0 Å². The molecule has 4 nitrogen and oxygen atoms in total. The van der Waals surface area contributed by atoms with Crippen LogP contribution in [0.15, 0.2) is 24.3 Å². The zero-order valence-electron chi connectivity index (χ0n) is 14.8. The van der Waals surface area contributed by atoms with E-state index in [4.69, 9.17) is 12.2 Å². The van der Waals surface area contributed by atoms with Crippen molar-refractivity contribution in [3.63, 3.8) is 0 Å². The summed E-state index contributed by atoms with van der Waals surface area (Å²) in [7, 11) is 0. The number of carbonyl (C=O) groups is 1. The second-order valence-corrected chi connectivity index (χ2v) is 7.94. The second-order valence-electron chi connectivity index (χ2n) is 7.56. The molecule has 1 amide bonds. The molecule has 132 valence electrons. The summed E-state index contributed by atoms with van der Waals surface area (Å²) < 4.78 is 13.0. The highest BCUT2D eigenvalue weighted by Crippen LogP contribution is 2.21. The number of piperazine rings is 1. The van der Waals surface area contributed by atoms with Gasteiger partial charge in [-0.05, 0) is 48.8 Å². The van der Waals surface area contributed by atoms with Gasteiger partial charge in [-0.3, -0.25) is 4.79 Å². The minimum atomic E-state index is -0.272. The van der Waals surface area contributed by atoms with Gasteiger partial charge in [0.1, 0.15) is 5.82 Å². The Labute approximate surface area is 149 Å². The highest BCUT2D eigenvalue weighted by Gasteiger charge is 2.29. The van der Waals surface area contributed by atoms with E-state index in [1.807, 2.05) is 4.90 Å². The molecular weight excluding hydrogens is 325 g/mol. The van der Waals surface area contributed by atoms with E-state index < -0.39 is 0 Å². The molecule has 1 aliphatic rings. The minimum Gasteiger partial charge on any atom is -0.343 e. The van der Waals surface area contributed by atoms with Crippen molar-refractivity contribution in [3.05, 3.63) is 30.1 Å². The number of hydrogen-bond donors (Lipinski definition) is 1. The second kappa shape index (κ2) is 7.47. The molecule has 0 spiro atoms. The van der Waals surface area contributed by atoms with Gasteiger partial charge in [-0.15, -0.1) is 0 Å². The van der Waals surface area contributed by atoms with Crippen molar-refractivity contribution in [2.75, 3.05) is 25.0 Å². The molecule has 1 aromatic carbocycles. The van der Waals surface area contributed by atoms with Crippen LogP contribution in [0.25, 0.3) is 0 Å². The first-order valence-corrected chi connectivity index (χ1v) is 8.67. The summed E-state index contributed by atoms with van der Waals surface area (Å²) in [5.74, 6) is -0.0720. The Kier molecular flexibility index (Phi) is 5.80. The Bertz CT molecular complexity index is 597. The Morgan fingerprint density at radius 1 is 1.29 bits per heavy atom. The summed E-state index contributed by atoms with van der Waals surface area (Å²) in [4.78, 5) is 16.4. The number of rotatable bonds is 2. The van der Waals surface area contributed by atoms with E-state index in [9.17, 15) is 9.18 Å². The van der Waals surface area contributed by atoms with Crippen LogP contribution in [0, 0.1) is 11.2 Å². The molecule has 1 unspecified atom stereocenters. The summed E-state index contributed by atoms with van der Waals surface area (Å²) in [6.07, 6.45) is 0.554. The average Bonchev–Trinajstić information content (AvgIpc) is 2.47. The van der Waals surface area contributed by atoms with Crippen LogP contribution in [0.3, 0.4) is 0 Å². The summed E-state index contributed by atoms with van der Waals surface area (Å²) in [5, 5.41) is 3.75. The third kappa shape index (κ3) is 5.16. The van der Waals surface area contributed by atoms with Gasteiger partial charge in [0.2, 0.25) is 5.91 Å². The molecule has 1 fully saturated rings. The van der Waals surface area contributed by atoms with Crippen molar-refractivity contribution >= 4 is 28.9 Å². The number of nitrogens with zero attached hydrogens (tertiary/aromatic N) is 2. The lowest BCUT2D eigenvalue weighted by molar-refractivity contribution is -0.135. The van der Waals surface area contributed by atoms with E-state index >= 15 is 0 Å². The first kappa shape index (κ1) is 18.6. The van der Waals surface area contributed by atoms with E-state index in [1.165, 1.54) is 12.1 Å². The first-order chi connectivity index (χ1) is 11.2. The lowest BCUT2D eigenvalue weighted by Gasteiger charge is -2.41. The zero-order chi connectivity index (χ0) is 17.9. The fraction of sp³-hybridized carbons (Fsp3) is 0.556. The number of carbonyl (C=O) groups excluding carboxylic acids is 1. The van der Waals surface area contributed by atoms with Crippen molar-refractivity contribution in [1.82, 2.24) is 9.80 Å². The maximum atomic E-state index is 13.0. The van der Waals surface area contributed by atoms with E-state index in [0.717, 1.165) is 5.69 Å². The smallest absolute Gasteiger partial charge is 0.223 e. The zero-order valence-corrected chi connectivity index (χ0v) is 15.6. The predicted octanol–water partition coefficient (Wildman–Crippen LogP) is 3.49. The molecule has 1 N–H and O–H groups in total. The molecule has 1 saturated heterocycles. The fourth-order valence-corrected chi connectivity index (χ4v) is 3.17. The molecule has 1 aliphatic heterocycles. The summed E-state index contributed by atoms with van der Waals surface area (Å²) in [6.45, 7) is 10.3. The maximum Gasteiger partial charge on any atom is 0.223 e. The number of benzene rings is 1. The van der Waals surface area contributed by atoms with Gasteiger partial charge in [-0.25, -0.2) is 4.39 Å². The number of amides is 1. The van der Waals surface area contributed by atoms with Crippen LogP contribution in [0.2, 0.25) is 0 Å². The van der Waals surface area contributed by atoms with Crippen LogP contribution in [0.4, 0.5) is 10.1 Å². The minimum absolute atomic E-state index is 0.00308. The predicted molar refractivity (Wildman–Crippen MR) is 99.4 cm³/mol. The quantitative estimate of drug-likeness (QED) is 0.828. The summed E-state index contributed by atoms with van der Waals surface area (Å²) >= 11 is 5.48.